The van der Waals surface area contributed by atoms with E-state index in [9.17, 15) is 19.2 Å². The number of carbonyl (C=O) groups excluding carboxylic acids is 4. The first kappa shape index (κ1) is 38.8. The molecule has 254 valence electrons. The number of hydrogen-bond acceptors (Lipinski definition) is 12. The number of hydrogen-bond donors (Lipinski definition) is 2. The lowest BCUT2D eigenvalue weighted by Crippen LogP contribution is -2.54. The molecule has 2 saturated heterocycles. The molecule has 0 aromatic heterocycles. The van der Waals surface area contributed by atoms with Crippen LogP contribution in [0.4, 0.5) is 0 Å². The number of fused-ring (bicyclic) bond motifs is 1. The Morgan fingerprint density at radius 3 is 1.84 bits per heavy atom. The molecule has 1 atom stereocenters. The number of benzene rings is 1. The highest BCUT2D eigenvalue weighted by atomic mass is 35.5. The molecule has 0 bridgehead atoms. The average molecular weight is 680 g/mol. The highest BCUT2D eigenvalue weighted by Crippen LogP contribution is 2.33. The van der Waals surface area contributed by atoms with E-state index in [4.69, 9.17) is 28.4 Å². The number of nitrogens with one attached hydrogen (secondary N) is 2. The maximum atomic E-state index is 13.1. The number of amides is 4. The standard InChI is InChI=1S/C29H42N4O10.2ClH/c34-25-5-4-23(27(35)31-25)33-28(36)22-2-1-3-24(26(22)29(33)37)43-21-20-42-19-18-41-17-16-40-15-14-39-13-12-38-11-10-32-8-6-30-7-9-32;;/h1-3,23,30H,4-21H2,(H,31,34,35);2*1H. The number of halogens is 2. The van der Waals surface area contributed by atoms with Crippen molar-refractivity contribution in [1.29, 1.82) is 0 Å². The molecule has 2 fully saturated rings. The Morgan fingerprint density at radius 1 is 0.711 bits per heavy atom. The molecule has 1 aromatic rings. The van der Waals surface area contributed by atoms with Crippen molar-refractivity contribution in [1.82, 2.24) is 20.4 Å². The van der Waals surface area contributed by atoms with Gasteiger partial charge in [-0.3, -0.25) is 34.3 Å². The lowest BCUT2D eigenvalue weighted by Gasteiger charge is -2.27. The normalized spacial score (nSPS) is 18.3. The molecule has 0 spiro atoms. The Kier molecular flexibility index (Phi) is 18.4. The fourth-order valence-corrected chi connectivity index (χ4v) is 4.92. The van der Waals surface area contributed by atoms with Crippen LogP contribution in [0.25, 0.3) is 0 Å². The third-order valence-corrected chi connectivity index (χ3v) is 7.16. The van der Waals surface area contributed by atoms with Gasteiger partial charge in [0.15, 0.2) is 0 Å². The van der Waals surface area contributed by atoms with Crippen LogP contribution in [0.5, 0.6) is 5.75 Å². The van der Waals surface area contributed by atoms with Crippen LogP contribution in [0.2, 0.25) is 0 Å². The summed E-state index contributed by atoms with van der Waals surface area (Å²) in [6.45, 7) is 10.1. The summed E-state index contributed by atoms with van der Waals surface area (Å²) in [6, 6.07) is 3.70. The van der Waals surface area contributed by atoms with Gasteiger partial charge in [0.2, 0.25) is 11.8 Å². The van der Waals surface area contributed by atoms with Gasteiger partial charge < -0.3 is 33.7 Å². The second-order valence-corrected chi connectivity index (χ2v) is 10.1. The summed E-state index contributed by atoms with van der Waals surface area (Å²) in [6.07, 6.45) is 0.154. The van der Waals surface area contributed by atoms with Gasteiger partial charge >= 0.3 is 0 Å². The highest BCUT2D eigenvalue weighted by Gasteiger charge is 2.46. The van der Waals surface area contributed by atoms with E-state index in [2.05, 4.69) is 15.5 Å². The maximum absolute atomic E-state index is 13.1. The monoisotopic (exact) mass is 678 g/mol. The van der Waals surface area contributed by atoms with Gasteiger partial charge in [-0.15, -0.1) is 24.8 Å². The van der Waals surface area contributed by atoms with Crippen molar-refractivity contribution >= 4 is 48.4 Å². The van der Waals surface area contributed by atoms with Gasteiger partial charge in [0.1, 0.15) is 18.4 Å². The molecule has 16 heteroatoms. The van der Waals surface area contributed by atoms with Gasteiger partial charge in [-0.25, -0.2) is 0 Å². The number of ether oxygens (including phenoxy) is 6. The maximum Gasteiger partial charge on any atom is 0.266 e. The van der Waals surface area contributed by atoms with Crippen LogP contribution in [0.3, 0.4) is 0 Å². The van der Waals surface area contributed by atoms with Gasteiger partial charge in [0.25, 0.3) is 11.8 Å². The smallest absolute Gasteiger partial charge is 0.266 e. The second-order valence-electron chi connectivity index (χ2n) is 10.1. The minimum absolute atomic E-state index is 0. The number of piperazine rings is 1. The van der Waals surface area contributed by atoms with Crippen LogP contribution in [0, 0.1) is 0 Å². The van der Waals surface area contributed by atoms with Crippen LogP contribution < -0.4 is 15.4 Å². The van der Waals surface area contributed by atoms with E-state index in [1.807, 2.05) is 0 Å². The Balaban J connectivity index is 0.00000353. The summed E-state index contributed by atoms with van der Waals surface area (Å²) in [5.74, 6) is -2.02. The lowest BCUT2D eigenvalue weighted by molar-refractivity contribution is -0.136. The summed E-state index contributed by atoms with van der Waals surface area (Å²) in [4.78, 5) is 53.0. The van der Waals surface area contributed by atoms with Crippen molar-refractivity contribution in [2.24, 2.45) is 0 Å². The first-order valence-electron chi connectivity index (χ1n) is 14.9. The fourth-order valence-electron chi connectivity index (χ4n) is 4.92. The minimum Gasteiger partial charge on any atom is -0.490 e. The molecule has 1 aromatic carbocycles. The highest BCUT2D eigenvalue weighted by molar-refractivity contribution is 6.24. The zero-order valence-electron chi connectivity index (χ0n) is 25.3. The lowest BCUT2D eigenvalue weighted by atomic mass is 10.0. The second kappa shape index (κ2) is 21.4. The van der Waals surface area contributed by atoms with Crippen molar-refractivity contribution in [3.63, 3.8) is 0 Å². The van der Waals surface area contributed by atoms with Crippen LogP contribution in [0.15, 0.2) is 18.2 Å². The van der Waals surface area contributed by atoms with Crippen molar-refractivity contribution in [2.45, 2.75) is 18.9 Å². The molecule has 1 unspecified atom stereocenters. The zero-order chi connectivity index (χ0) is 30.3. The molecule has 3 aliphatic rings. The summed E-state index contributed by atoms with van der Waals surface area (Å²) < 4.78 is 33.3. The van der Waals surface area contributed by atoms with E-state index in [0.717, 1.165) is 44.2 Å². The average Bonchev–Trinajstić information content (AvgIpc) is 3.27. The molecule has 4 amide bonds. The molecule has 0 radical (unpaired) electrons. The van der Waals surface area contributed by atoms with Gasteiger partial charge in [-0.2, -0.15) is 0 Å². The molecular weight excluding hydrogens is 635 g/mol. The third kappa shape index (κ3) is 12.0. The largest absolute Gasteiger partial charge is 0.490 e. The van der Waals surface area contributed by atoms with E-state index in [1.165, 1.54) is 6.07 Å². The molecule has 4 rings (SSSR count). The van der Waals surface area contributed by atoms with Gasteiger partial charge in [-0.1, -0.05) is 6.07 Å². The predicted octanol–water partition coefficient (Wildman–Crippen LogP) is 0.298. The summed E-state index contributed by atoms with van der Waals surface area (Å²) >= 11 is 0. The fraction of sp³-hybridized carbons (Fsp3) is 0.655. The Bertz CT molecular complexity index is 1090. The number of rotatable bonds is 20. The topological polar surface area (TPSA) is 154 Å². The van der Waals surface area contributed by atoms with E-state index in [0.29, 0.717) is 52.9 Å². The summed E-state index contributed by atoms with van der Waals surface area (Å²) in [7, 11) is 0. The van der Waals surface area contributed by atoms with Crippen LogP contribution >= 0.6 is 24.8 Å². The van der Waals surface area contributed by atoms with Crippen molar-refractivity contribution < 1.29 is 47.6 Å². The Labute approximate surface area is 275 Å². The van der Waals surface area contributed by atoms with Crippen molar-refractivity contribution in [3.8, 4) is 5.75 Å². The van der Waals surface area contributed by atoms with Crippen LogP contribution in [0.1, 0.15) is 33.6 Å². The number of carbonyl (C=O) groups is 4. The summed E-state index contributed by atoms with van der Waals surface area (Å²) in [5.41, 5.74) is 0.279. The van der Waals surface area contributed by atoms with E-state index < -0.39 is 29.7 Å². The minimum atomic E-state index is -1.03. The molecule has 3 heterocycles. The molecule has 14 nitrogen and oxygen atoms in total. The SMILES string of the molecule is Cl.Cl.O=C1CCC(N2C(=O)c3cccc(OCCOCCOCCOCCOCCOCCN4CCNCC4)c3C2=O)C(=O)N1. The molecule has 3 aliphatic heterocycles. The van der Waals surface area contributed by atoms with E-state index in [-0.39, 0.29) is 67.7 Å². The number of piperidine rings is 1. The van der Waals surface area contributed by atoms with Gasteiger partial charge in [-0.05, 0) is 18.6 Å². The van der Waals surface area contributed by atoms with E-state index >= 15 is 0 Å². The molecule has 2 N–H and O–H groups in total. The molecular formula is C29H44Cl2N4O10. The van der Waals surface area contributed by atoms with Crippen molar-refractivity contribution in [2.75, 3.05) is 105 Å². The van der Waals surface area contributed by atoms with Crippen molar-refractivity contribution in [3.05, 3.63) is 29.3 Å². The third-order valence-electron chi connectivity index (χ3n) is 7.16. The Morgan fingerprint density at radius 2 is 1.27 bits per heavy atom. The van der Waals surface area contributed by atoms with Gasteiger partial charge in [0, 0.05) is 39.1 Å². The number of nitrogens with zero attached hydrogens (tertiary/aromatic N) is 2. The number of imide groups is 2. The zero-order valence-corrected chi connectivity index (χ0v) is 27.0. The van der Waals surface area contributed by atoms with Crippen LogP contribution in [-0.4, -0.2) is 145 Å². The first-order chi connectivity index (χ1) is 21.1. The molecule has 0 saturated carbocycles. The van der Waals surface area contributed by atoms with E-state index in [1.54, 1.807) is 12.1 Å². The molecule has 0 aliphatic carbocycles. The summed E-state index contributed by atoms with van der Waals surface area (Å²) in [5, 5.41) is 5.52. The van der Waals surface area contributed by atoms with Crippen LogP contribution in [-0.2, 0) is 33.3 Å². The quantitative estimate of drug-likeness (QED) is 0.144. The molecule has 45 heavy (non-hydrogen) atoms. The predicted molar refractivity (Wildman–Crippen MR) is 167 cm³/mol. The first-order valence-corrected chi connectivity index (χ1v) is 14.9. The Hall–Kier alpha value is -2.40. The van der Waals surface area contributed by atoms with Gasteiger partial charge in [0.05, 0.1) is 77.2 Å².